The quantitative estimate of drug-likeness (QED) is 0.296. The fraction of sp³-hybridized carbons (Fsp3) is 0.217. The fourth-order valence-corrected chi connectivity index (χ4v) is 3.22. The van der Waals surface area contributed by atoms with E-state index in [1.54, 1.807) is 43.5 Å². The van der Waals surface area contributed by atoms with Gasteiger partial charge < -0.3 is 13.7 Å². The van der Waals surface area contributed by atoms with Gasteiger partial charge in [-0.05, 0) is 63.2 Å². The van der Waals surface area contributed by atoms with Crippen LogP contribution >= 0.6 is 0 Å². The molecule has 3 aromatic rings. The van der Waals surface area contributed by atoms with Crippen LogP contribution in [0, 0.1) is 20.8 Å². The highest BCUT2D eigenvalue weighted by Gasteiger charge is 2.30. The number of furan rings is 1. The lowest BCUT2D eigenvalue weighted by molar-refractivity contribution is -0.138. The average molecular weight is 431 g/mol. The highest BCUT2D eigenvalue weighted by Crippen LogP contribution is 2.31. The van der Waals surface area contributed by atoms with Gasteiger partial charge in [0.1, 0.15) is 11.5 Å². The first-order chi connectivity index (χ1) is 14.6. The first-order valence-electron chi connectivity index (χ1n) is 9.37. The van der Waals surface area contributed by atoms with Crippen LogP contribution in [-0.4, -0.2) is 22.9 Å². The molecule has 8 heteroatoms. The smallest absolute Gasteiger partial charge is 0.416 e. The summed E-state index contributed by atoms with van der Waals surface area (Å²) in [5, 5.41) is 0. The van der Waals surface area contributed by atoms with E-state index in [0.29, 0.717) is 22.9 Å². The fourth-order valence-electron chi connectivity index (χ4n) is 3.22. The molecule has 0 aliphatic carbocycles. The molecule has 31 heavy (non-hydrogen) atoms. The van der Waals surface area contributed by atoms with E-state index in [2.05, 4.69) is 0 Å². The van der Waals surface area contributed by atoms with E-state index in [0.717, 1.165) is 18.2 Å². The Morgan fingerprint density at radius 2 is 1.84 bits per heavy atom. The molecule has 0 atom stereocenters. The van der Waals surface area contributed by atoms with Gasteiger partial charge in [0.05, 0.1) is 5.56 Å². The van der Waals surface area contributed by atoms with E-state index in [4.69, 9.17) is 9.15 Å². The minimum Gasteiger partial charge on any atom is -0.462 e. The maximum Gasteiger partial charge on any atom is 0.416 e. The van der Waals surface area contributed by atoms with Crippen molar-refractivity contribution >= 4 is 17.8 Å². The Kier molecular flexibility index (Phi) is 6.19. The number of halogens is 3. The standard InChI is InChI=1S/C23H20F3NO4/c1-14-11-20(16(3)27(14)18-6-4-5-17(12-18)23(24,25)26)21(28)13-30-22(29)10-9-19-8-7-15(2)31-19/h4-12H,13H2,1-3H3. The number of esters is 1. The molecule has 0 saturated heterocycles. The molecule has 2 heterocycles. The van der Waals surface area contributed by atoms with Gasteiger partial charge in [0.2, 0.25) is 5.78 Å². The van der Waals surface area contributed by atoms with Crippen molar-refractivity contribution in [1.82, 2.24) is 4.57 Å². The zero-order valence-electron chi connectivity index (χ0n) is 17.1. The van der Waals surface area contributed by atoms with Crippen LogP contribution in [0.4, 0.5) is 13.2 Å². The number of Topliss-reactive ketones (excluding diaryl/α,β-unsaturated/α-hetero) is 1. The predicted molar refractivity (Wildman–Crippen MR) is 108 cm³/mol. The Balaban J connectivity index is 1.73. The van der Waals surface area contributed by atoms with Crippen LogP contribution in [0.25, 0.3) is 11.8 Å². The minimum absolute atomic E-state index is 0.272. The van der Waals surface area contributed by atoms with Gasteiger partial charge in [0.15, 0.2) is 6.61 Å². The normalized spacial score (nSPS) is 11.8. The lowest BCUT2D eigenvalue weighted by atomic mass is 10.1. The van der Waals surface area contributed by atoms with Gasteiger partial charge in [-0.15, -0.1) is 0 Å². The third-order valence-corrected chi connectivity index (χ3v) is 4.65. The number of nitrogens with zero attached hydrogens (tertiary/aromatic N) is 1. The Bertz CT molecular complexity index is 1150. The summed E-state index contributed by atoms with van der Waals surface area (Å²) in [7, 11) is 0. The van der Waals surface area contributed by atoms with Gasteiger partial charge in [0, 0.05) is 28.7 Å². The predicted octanol–water partition coefficient (Wildman–Crippen LogP) is 5.45. The van der Waals surface area contributed by atoms with Crippen molar-refractivity contribution in [2.24, 2.45) is 0 Å². The summed E-state index contributed by atoms with van der Waals surface area (Å²) in [4.78, 5) is 24.4. The Hall–Kier alpha value is -3.55. The summed E-state index contributed by atoms with van der Waals surface area (Å²) in [6.07, 6.45) is -1.89. The van der Waals surface area contributed by atoms with Crippen LogP contribution in [0.5, 0.6) is 0 Å². The van der Waals surface area contributed by atoms with Gasteiger partial charge in [-0.25, -0.2) is 4.79 Å². The van der Waals surface area contributed by atoms with Gasteiger partial charge in [-0.1, -0.05) is 6.07 Å². The molecule has 0 aliphatic rings. The molecule has 1 aromatic carbocycles. The molecule has 0 spiro atoms. The summed E-state index contributed by atoms with van der Waals surface area (Å²) >= 11 is 0. The van der Waals surface area contributed by atoms with Crippen LogP contribution in [0.15, 0.2) is 53.0 Å². The number of benzene rings is 1. The second kappa shape index (κ2) is 8.67. The molecule has 3 rings (SSSR count). The van der Waals surface area contributed by atoms with E-state index in [9.17, 15) is 22.8 Å². The van der Waals surface area contributed by atoms with Crippen molar-refractivity contribution < 1.29 is 31.9 Å². The minimum atomic E-state index is -4.47. The third kappa shape index (κ3) is 5.14. The molecule has 0 N–H and O–H groups in total. The molecule has 162 valence electrons. The number of ether oxygens (including phenoxy) is 1. The average Bonchev–Trinajstić information content (AvgIpc) is 3.26. The van der Waals surface area contributed by atoms with Crippen LogP contribution in [-0.2, 0) is 15.7 Å². The third-order valence-electron chi connectivity index (χ3n) is 4.65. The maximum atomic E-state index is 13.0. The Morgan fingerprint density at radius 1 is 1.10 bits per heavy atom. The van der Waals surface area contributed by atoms with E-state index in [1.807, 2.05) is 0 Å². The molecule has 0 fully saturated rings. The van der Waals surface area contributed by atoms with Crippen LogP contribution in [0.2, 0.25) is 0 Å². The number of ketones is 1. The Morgan fingerprint density at radius 3 is 2.48 bits per heavy atom. The van der Waals surface area contributed by atoms with Crippen molar-refractivity contribution in [2.45, 2.75) is 26.9 Å². The monoisotopic (exact) mass is 431 g/mol. The summed E-state index contributed by atoms with van der Waals surface area (Å²) in [6, 6.07) is 9.85. The molecule has 0 amide bonds. The topological polar surface area (TPSA) is 61.4 Å². The highest BCUT2D eigenvalue weighted by atomic mass is 19.4. The Labute approximate surface area is 176 Å². The molecule has 0 bridgehead atoms. The van der Waals surface area contributed by atoms with Gasteiger partial charge in [-0.3, -0.25) is 4.79 Å². The number of aromatic nitrogens is 1. The first-order valence-corrected chi connectivity index (χ1v) is 9.37. The molecule has 0 radical (unpaired) electrons. The largest absolute Gasteiger partial charge is 0.462 e. The van der Waals surface area contributed by atoms with Gasteiger partial charge in [0.25, 0.3) is 0 Å². The number of carbonyl (C=O) groups excluding carboxylic acids is 2. The van der Waals surface area contributed by atoms with E-state index in [-0.39, 0.29) is 11.3 Å². The lowest BCUT2D eigenvalue weighted by Gasteiger charge is -2.13. The number of carbonyl (C=O) groups is 2. The summed E-state index contributed by atoms with van der Waals surface area (Å²) in [5.74, 6) is 0.000685. The maximum absolute atomic E-state index is 13.0. The number of rotatable bonds is 6. The van der Waals surface area contributed by atoms with Crippen molar-refractivity contribution in [3.8, 4) is 5.69 Å². The summed E-state index contributed by atoms with van der Waals surface area (Å²) in [6.45, 7) is 4.59. The number of aryl methyl sites for hydroxylation is 2. The molecule has 0 aliphatic heterocycles. The number of hydrogen-bond acceptors (Lipinski definition) is 4. The zero-order valence-corrected chi connectivity index (χ0v) is 17.1. The van der Waals surface area contributed by atoms with E-state index < -0.39 is 30.1 Å². The van der Waals surface area contributed by atoms with Crippen molar-refractivity contribution in [3.05, 3.63) is 82.6 Å². The van der Waals surface area contributed by atoms with E-state index in [1.165, 1.54) is 18.2 Å². The van der Waals surface area contributed by atoms with Gasteiger partial charge >= 0.3 is 12.1 Å². The zero-order chi connectivity index (χ0) is 22.8. The second-order valence-corrected chi connectivity index (χ2v) is 6.98. The molecular weight excluding hydrogens is 411 g/mol. The summed E-state index contributed by atoms with van der Waals surface area (Å²) in [5.41, 5.74) is 0.822. The van der Waals surface area contributed by atoms with Crippen molar-refractivity contribution in [1.29, 1.82) is 0 Å². The van der Waals surface area contributed by atoms with Crippen LogP contribution in [0.1, 0.15) is 38.8 Å². The molecule has 0 unspecified atom stereocenters. The van der Waals surface area contributed by atoms with Crippen molar-refractivity contribution in [3.63, 3.8) is 0 Å². The van der Waals surface area contributed by atoms with E-state index >= 15 is 0 Å². The first kappa shape index (κ1) is 22.1. The molecule has 2 aromatic heterocycles. The molecule has 0 saturated carbocycles. The van der Waals surface area contributed by atoms with Crippen molar-refractivity contribution in [2.75, 3.05) is 6.61 Å². The molecular formula is C23H20F3NO4. The number of hydrogen-bond donors (Lipinski definition) is 0. The molecule has 5 nitrogen and oxygen atoms in total. The van der Waals surface area contributed by atoms with Crippen LogP contribution < -0.4 is 0 Å². The summed E-state index contributed by atoms with van der Waals surface area (Å²) < 4.78 is 51.0. The number of alkyl halides is 3. The lowest BCUT2D eigenvalue weighted by Crippen LogP contribution is -2.13. The second-order valence-electron chi connectivity index (χ2n) is 6.98. The SMILES string of the molecule is Cc1ccc(C=CC(=O)OCC(=O)c2cc(C)n(-c3cccc(C(F)(F)F)c3)c2C)o1. The van der Waals surface area contributed by atoms with Gasteiger partial charge in [-0.2, -0.15) is 13.2 Å². The highest BCUT2D eigenvalue weighted by molar-refractivity contribution is 6.00. The van der Waals surface area contributed by atoms with Crippen LogP contribution in [0.3, 0.4) is 0 Å².